The SMILES string of the molecule is COc1ccc(-c2[nH]c3c(c2O)C(=O)CCC3)cc1F. The number of methoxy groups -OCH3 is 1. The van der Waals surface area contributed by atoms with E-state index in [1.54, 1.807) is 6.07 Å². The van der Waals surface area contributed by atoms with Crippen LogP contribution in [0.15, 0.2) is 18.2 Å². The summed E-state index contributed by atoms with van der Waals surface area (Å²) >= 11 is 0. The molecule has 0 saturated heterocycles. The van der Waals surface area contributed by atoms with E-state index in [9.17, 15) is 14.3 Å². The first kappa shape index (κ1) is 12.7. The molecule has 0 atom stereocenters. The predicted octanol–water partition coefficient (Wildman–Crippen LogP) is 3.05. The summed E-state index contributed by atoms with van der Waals surface area (Å²) in [6.07, 6.45) is 1.92. The van der Waals surface area contributed by atoms with E-state index in [4.69, 9.17) is 4.74 Å². The van der Waals surface area contributed by atoms with Gasteiger partial charge in [0.15, 0.2) is 23.1 Å². The highest BCUT2D eigenvalue weighted by Gasteiger charge is 2.26. The van der Waals surface area contributed by atoms with Gasteiger partial charge in [0, 0.05) is 17.7 Å². The monoisotopic (exact) mass is 275 g/mol. The normalized spacial score (nSPS) is 14.2. The van der Waals surface area contributed by atoms with Crippen molar-refractivity contribution in [2.24, 2.45) is 0 Å². The molecule has 1 aromatic carbocycles. The summed E-state index contributed by atoms with van der Waals surface area (Å²) in [5, 5.41) is 10.2. The van der Waals surface area contributed by atoms with Crippen molar-refractivity contribution in [3.8, 4) is 22.8 Å². The smallest absolute Gasteiger partial charge is 0.168 e. The molecule has 0 spiro atoms. The van der Waals surface area contributed by atoms with Crippen molar-refractivity contribution in [3.63, 3.8) is 0 Å². The molecule has 20 heavy (non-hydrogen) atoms. The first-order chi connectivity index (χ1) is 9.61. The molecule has 2 aromatic rings. The number of aryl methyl sites for hydroxylation is 1. The number of ketones is 1. The molecule has 1 heterocycles. The predicted molar refractivity (Wildman–Crippen MR) is 71.7 cm³/mol. The van der Waals surface area contributed by atoms with Crippen molar-refractivity contribution < 1.29 is 19.0 Å². The number of fused-ring (bicyclic) bond motifs is 1. The Hall–Kier alpha value is -2.30. The van der Waals surface area contributed by atoms with Crippen LogP contribution in [0.1, 0.15) is 28.9 Å². The van der Waals surface area contributed by atoms with Crippen LogP contribution < -0.4 is 4.74 Å². The summed E-state index contributed by atoms with van der Waals surface area (Å²) in [6, 6.07) is 4.41. The van der Waals surface area contributed by atoms with Crippen LogP contribution in [0.5, 0.6) is 11.5 Å². The van der Waals surface area contributed by atoms with Crippen LogP contribution in [-0.2, 0) is 6.42 Å². The first-order valence-corrected chi connectivity index (χ1v) is 6.42. The molecule has 1 aliphatic rings. The number of hydrogen-bond acceptors (Lipinski definition) is 3. The van der Waals surface area contributed by atoms with Gasteiger partial charge in [0.25, 0.3) is 0 Å². The minimum Gasteiger partial charge on any atom is -0.505 e. The summed E-state index contributed by atoms with van der Waals surface area (Å²) in [5.41, 5.74) is 1.95. The molecular weight excluding hydrogens is 261 g/mol. The third-order valence-corrected chi connectivity index (χ3v) is 3.60. The van der Waals surface area contributed by atoms with Crippen LogP contribution in [0, 0.1) is 5.82 Å². The van der Waals surface area contributed by atoms with E-state index >= 15 is 0 Å². The van der Waals surface area contributed by atoms with Crippen molar-refractivity contribution in [1.82, 2.24) is 4.98 Å². The Morgan fingerprint density at radius 1 is 1.35 bits per heavy atom. The standard InChI is InChI=1S/C15H14FNO3/c1-20-12-6-5-8(7-9(12)16)14-15(19)13-10(17-14)3-2-4-11(13)18/h5-7,17,19H,2-4H2,1H3. The van der Waals surface area contributed by atoms with Gasteiger partial charge in [-0.3, -0.25) is 4.79 Å². The second-order valence-electron chi connectivity index (χ2n) is 4.83. The summed E-state index contributed by atoms with van der Waals surface area (Å²) in [4.78, 5) is 14.9. The van der Waals surface area contributed by atoms with Crippen molar-refractivity contribution >= 4 is 5.78 Å². The Morgan fingerprint density at radius 2 is 2.15 bits per heavy atom. The molecule has 0 saturated carbocycles. The van der Waals surface area contributed by atoms with Gasteiger partial charge >= 0.3 is 0 Å². The van der Waals surface area contributed by atoms with Crippen LogP contribution in [0.3, 0.4) is 0 Å². The number of carbonyl (C=O) groups is 1. The second kappa shape index (κ2) is 4.67. The maximum absolute atomic E-state index is 13.7. The lowest BCUT2D eigenvalue weighted by Crippen LogP contribution is -2.08. The van der Waals surface area contributed by atoms with Crippen molar-refractivity contribution in [2.75, 3.05) is 7.11 Å². The molecule has 4 nitrogen and oxygen atoms in total. The molecule has 0 aliphatic heterocycles. The molecule has 5 heteroatoms. The summed E-state index contributed by atoms with van der Waals surface area (Å²) < 4.78 is 18.6. The molecule has 2 N–H and O–H groups in total. The number of rotatable bonds is 2. The van der Waals surface area contributed by atoms with Gasteiger partial charge in [0.1, 0.15) is 0 Å². The van der Waals surface area contributed by atoms with Gasteiger partial charge in [0.05, 0.1) is 18.4 Å². The summed E-state index contributed by atoms with van der Waals surface area (Å²) in [6.45, 7) is 0. The average Bonchev–Trinajstić information content (AvgIpc) is 2.77. The highest BCUT2D eigenvalue weighted by molar-refractivity contribution is 6.02. The molecule has 0 fully saturated rings. The van der Waals surface area contributed by atoms with E-state index in [1.165, 1.54) is 19.2 Å². The first-order valence-electron chi connectivity index (χ1n) is 6.42. The number of Topliss-reactive ketones (excluding diaryl/α,β-unsaturated/α-hetero) is 1. The number of H-pyrrole nitrogens is 1. The number of nitrogens with one attached hydrogen (secondary N) is 1. The van der Waals surface area contributed by atoms with E-state index in [-0.39, 0.29) is 17.3 Å². The van der Waals surface area contributed by atoms with Gasteiger partial charge in [-0.2, -0.15) is 0 Å². The van der Waals surface area contributed by atoms with Crippen LogP contribution in [0.2, 0.25) is 0 Å². The molecule has 1 aliphatic carbocycles. The molecule has 3 rings (SSSR count). The summed E-state index contributed by atoms with van der Waals surface area (Å²) in [5.74, 6) is -0.529. The van der Waals surface area contributed by atoms with Crippen molar-refractivity contribution in [2.45, 2.75) is 19.3 Å². The number of hydrogen-bond donors (Lipinski definition) is 2. The number of ether oxygens (including phenoxy) is 1. The van der Waals surface area contributed by atoms with Gasteiger partial charge in [-0.05, 0) is 31.0 Å². The maximum atomic E-state index is 13.7. The fourth-order valence-corrected chi connectivity index (χ4v) is 2.61. The Bertz CT molecular complexity index is 691. The van der Waals surface area contributed by atoms with E-state index in [0.717, 1.165) is 12.1 Å². The lowest BCUT2D eigenvalue weighted by Gasteiger charge is -2.08. The second-order valence-corrected chi connectivity index (χ2v) is 4.83. The molecule has 0 amide bonds. The van der Waals surface area contributed by atoms with E-state index in [0.29, 0.717) is 29.7 Å². The average molecular weight is 275 g/mol. The third-order valence-electron chi connectivity index (χ3n) is 3.60. The molecule has 1 aromatic heterocycles. The quantitative estimate of drug-likeness (QED) is 0.885. The van der Waals surface area contributed by atoms with Crippen LogP contribution in [0.25, 0.3) is 11.3 Å². The van der Waals surface area contributed by atoms with Gasteiger partial charge in [-0.25, -0.2) is 4.39 Å². The van der Waals surface area contributed by atoms with Crippen molar-refractivity contribution in [1.29, 1.82) is 0 Å². The van der Waals surface area contributed by atoms with Crippen LogP contribution in [-0.4, -0.2) is 23.0 Å². The zero-order chi connectivity index (χ0) is 14.3. The number of aromatic amines is 1. The fourth-order valence-electron chi connectivity index (χ4n) is 2.61. The van der Waals surface area contributed by atoms with Gasteiger partial charge in [-0.15, -0.1) is 0 Å². The Balaban J connectivity index is 2.11. The number of carbonyl (C=O) groups excluding carboxylic acids is 1. The lowest BCUT2D eigenvalue weighted by atomic mass is 9.96. The van der Waals surface area contributed by atoms with Crippen molar-refractivity contribution in [3.05, 3.63) is 35.3 Å². The van der Waals surface area contributed by atoms with Gasteiger partial charge in [-0.1, -0.05) is 0 Å². The molecule has 104 valence electrons. The molecule has 0 bridgehead atoms. The van der Waals surface area contributed by atoms with Gasteiger partial charge < -0.3 is 14.8 Å². The number of aromatic nitrogens is 1. The lowest BCUT2D eigenvalue weighted by molar-refractivity contribution is 0.0970. The highest BCUT2D eigenvalue weighted by atomic mass is 19.1. The zero-order valence-electron chi connectivity index (χ0n) is 11.0. The zero-order valence-corrected chi connectivity index (χ0v) is 11.0. The molecule has 0 radical (unpaired) electrons. The Labute approximate surface area is 115 Å². The van der Waals surface area contributed by atoms with Crippen LogP contribution in [0.4, 0.5) is 4.39 Å². The largest absolute Gasteiger partial charge is 0.505 e. The maximum Gasteiger partial charge on any atom is 0.168 e. The minimum absolute atomic E-state index is 0.0692. The van der Waals surface area contributed by atoms with E-state index in [1.807, 2.05) is 0 Å². The van der Waals surface area contributed by atoms with Crippen LogP contribution >= 0.6 is 0 Å². The Morgan fingerprint density at radius 3 is 2.80 bits per heavy atom. The topological polar surface area (TPSA) is 62.3 Å². The number of benzene rings is 1. The minimum atomic E-state index is -0.511. The number of halogens is 1. The Kier molecular flexibility index (Phi) is 2.97. The number of aromatic hydroxyl groups is 1. The van der Waals surface area contributed by atoms with Gasteiger partial charge in [0.2, 0.25) is 0 Å². The van der Waals surface area contributed by atoms with E-state index < -0.39 is 5.82 Å². The van der Waals surface area contributed by atoms with E-state index in [2.05, 4.69) is 4.98 Å². The fraction of sp³-hybridized carbons (Fsp3) is 0.267. The highest BCUT2D eigenvalue weighted by Crippen LogP contribution is 2.38. The molecule has 0 unspecified atom stereocenters. The third kappa shape index (κ3) is 1.86. The molecular formula is C15H14FNO3. The summed E-state index contributed by atoms with van der Waals surface area (Å²) in [7, 11) is 1.39.